The van der Waals surface area contributed by atoms with Gasteiger partial charge in [-0.3, -0.25) is 14.4 Å². The van der Waals surface area contributed by atoms with Crippen LogP contribution in [0, 0.1) is 12.7 Å². The number of aryl methyl sites for hydroxylation is 1. The number of amides is 1. The Kier molecular flexibility index (Phi) is 5.21. The van der Waals surface area contributed by atoms with Crippen molar-refractivity contribution in [1.29, 1.82) is 0 Å². The van der Waals surface area contributed by atoms with Gasteiger partial charge in [0.2, 0.25) is 5.91 Å². The fourth-order valence-electron chi connectivity index (χ4n) is 5.99. The molecular formula is C26H26FN3O6Si. The number of rotatable bonds is 3. The summed E-state index contributed by atoms with van der Waals surface area (Å²) in [5, 5.41) is 13.8. The minimum absolute atomic E-state index is 0.159. The highest BCUT2D eigenvalue weighted by Gasteiger charge is 2.49. The van der Waals surface area contributed by atoms with Crippen molar-refractivity contribution in [1.82, 2.24) is 14.9 Å². The molecule has 2 aromatic heterocycles. The number of aliphatic hydroxyl groups excluding tert-OH is 1. The molecule has 3 aliphatic rings. The Balaban J connectivity index is 1.65. The van der Waals surface area contributed by atoms with Crippen molar-refractivity contribution in [2.75, 3.05) is 0 Å². The van der Waals surface area contributed by atoms with Crippen LogP contribution in [-0.4, -0.2) is 45.4 Å². The number of fused-ring (bicyclic) bond motifs is 5. The number of nitrogens with one attached hydrogen (secondary N) is 1. The Hall–Kier alpha value is -3.41. The summed E-state index contributed by atoms with van der Waals surface area (Å²) in [4.78, 5) is 54.7. The summed E-state index contributed by atoms with van der Waals surface area (Å²) >= 11 is 0. The number of halogens is 1. The number of pyridine rings is 2. The molecule has 4 heterocycles. The van der Waals surface area contributed by atoms with Crippen molar-refractivity contribution in [3.8, 4) is 11.4 Å². The van der Waals surface area contributed by atoms with Gasteiger partial charge in [-0.05, 0) is 60.7 Å². The maximum atomic E-state index is 14.9. The molecule has 2 aliphatic heterocycles. The molecule has 1 aromatic carbocycles. The van der Waals surface area contributed by atoms with Crippen LogP contribution < -0.4 is 16.1 Å². The van der Waals surface area contributed by atoms with Crippen molar-refractivity contribution in [2.24, 2.45) is 0 Å². The van der Waals surface area contributed by atoms with E-state index in [1.54, 1.807) is 24.5 Å². The second-order valence-corrected chi connectivity index (χ2v) is 13.5. The molecule has 0 fully saturated rings. The maximum Gasteiger partial charge on any atom is 0.347 e. The van der Waals surface area contributed by atoms with Gasteiger partial charge in [0.15, 0.2) is 0 Å². The molecular weight excluding hydrogens is 497 g/mol. The summed E-state index contributed by atoms with van der Waals surface area (Å²) in [6, 6.07) is 2.73. The molecule has 0 radical (unpaired) electrons. The number of nitrogens with zero attached hydrogens (tertiary/aromatic N) is 2. The smallest absolute Gasteiger partial charge is 0.347 e. The molecule has 9 nitrogen and oxygen atoms in total. The van der Waals surface area contributed by atoms with E-state index in [0.717, 1.165) is 22.1 Å². The topological polar surface area (TPSA) is 131 Å². The summed E-state index contributed by atoms with van der Waals surface area (Å²) in [7, 11) is -3.71. The lowest BCUT2D eigenvalue weighted by Crippen LogP contribution is -2.61. The predicted octanol–water partition coefficient (Wildman–Crippen LogP) is 1.75. The number of cyclic esters (lactones) is 1. The molecule has 0 unspecified atom stereocenters. The standard InChI is InChI=1S/C26H26FN3O6Si/c1-4-37(35)20-8-19-23-14(9-30(19)25(33)15(20)10-36-26(37)34)22-17(29-24(32)12(3)31)6-5-13-11(2)16(27)7-18(28-23)21(13)22/h7-8,12,17,31,35H,4-6,9-10H2,1-3H3,(H,29,32)/t12-,17-,37+/m1/s1. The highest BCUT2D eigenvalue weighted by atomic mass is 28.4. The Morgan fingerprint density at radius 2 is 2.08 bits per heavy atom. The number of aliphatic hydroxyl groups is 1. The van der Waals surface area contributed by atoms with Crippen molar-refractivity contribution < 1.29 is 28.6 Å². The van der Waals surface area contributed by atoms with Crippen LogP contribution in [0.2, 0.25) is 6.04 Å². The van der Waals surface area contributed by atoms with E-state index in [4.69, 9.17) is 9.72 Å². The number of hydrogen-bond acceptors (Lipinski definition) is 7. The lowest BCUT2D eigenvalue weighted by molar-refractivity contribution is -0.129. The summed E-state index contributed by atoms with van der Waals surface area (Å²) in [6.45, 7) is 4.77. The highest BCUT2D eigenvalue weighted by molar-refractivity contribution is 7.09. The summed E-state index contributed by atoms with van der Waals surface area (Å²) < 4.78 is 21.7. The zero-order valence-corrected chi connectivity index (χ0v) is 21.6. The summed E-state index contributed by atoms with van der Waals surface area (Å²) in [5.41, 5.74) is 3.37. The van der Waals surface area contributed by atoms with Crippen LogP contribution >= 0.6 is 0 Å². The van der Waals surface area contributed by atoms with E-state index in [-0.39, 0.29) is 36.1 Å². The Labute approximate surface area is 212 Å². The third-order valence-electron chi connectivity index (χ3n) is 8.07. The SMILES string of the molecule is CC[Si@@]1(O)C(=O)OCc2c1cc1n(c2=O)Cc2c-1nc1cc(F)c(C)c3c1c2[C@H](NC(=O)[C@@H](C)O)CC3. The monoisotopic (exact) mass is 523 g/mol. The van der Waals surface area contributed by atoms with Gasteiger partial charge in [-0.25, -0.2) is 9.37 Å². The van der Waals surface area contributed by atoms with E-state index in [0.29, 0.717) is 40.5 Å². The van der Waals surface area contributed by atoms with Crippen LogP contribution in [0.4, 0.5) is 9.18 Å². The van der Waals surface area contributed by atoms with Gasteiger partial charge in [0.1, 0.15) is 18.5 Å². The molecule has 1 amide bonds. The fraction of sp³-hybridized carbons (Fsp3) is 0.385. The molecule has 3 atom stereocenters. The number of carbonyl (C=O) groups is 2. The van der Waals surface area contributed by atoms with Crippen LogP contribution in [0.1, 0.15) is 54.1 Å². The van der Waals surface area contributed by atoms with Crippen LogP contribution in [0.3, 0.4) is 0 Å². The second-order valence-electron chi connectivity index (χ2n) is 10.1. The van der Waals surface area contributed by atoms with Gasteiger partial charge in [0.25, 0.3) is 5.56 Å². The van der Waals surface area contributed by atoms with E-state index in [1.807, 2.05) is 0 Å². The maximum absolute atomic E-state index is 14.9. The molecule has 3 N–H and O–H groups in total. The van der Waals surface area contributed by atoms with Gasteiger partial charge in [-0.2, -0.15) is 0 Å². The van der Waals surface area contributed by atoms with E-state index in [1.165, 1.54) is 13.0 Å². The number of hydrogen-bond donors (Lipinski definition) is 3. The first-order chi connectivity index (χ1) is 17.6. The lowest BCUT2D eigenvalue weighted by atomic mass is 9.81. The summed E-state index contributed by atoms with van der Waals surface area (Å²) in [6.07, 6.45) is -0.190. The zero-order chi connectivity index (χ0) is 26.4. The first-order valence-corrected chi connectivity index (χ1v) is 14.5. The molecule has 0 saturated heterocycles. The average molecular weight is 524 g/mol. The third kappa shape index (κ3) is 3.20. The van der Waals surface area contributed by atoms with Gasteiger partial charge >= 0.3 is 13.9 Å². The molecule has 0 spiro atoms. The predicted molar refractivity (Wildman–Crippen MR) is 134 cm³/mol. The minimum atomic E-state index is -3.71. The number of benzene rings is 1. The van der Waals surface area contributed by atoms with Gasteiger partial charge < -0.3 is 24.5 Å². The number of carbonyl (C=O) groups excluding carboxylic acids is 2. The zero-order valence-electron chi connectivity index (χ0n) is 20.6. The highest BCUT2D eigenvalue weighted by Crippen LogP contribution is 2.44. The van der Waals surface area contributed by atoms with Crippen molar-refractivity contribution in [2.45, 2.75) is 65.0 Å². The molecule has 3 aromatic rings. The first-order valence-electron chi connectivity index (χ1n) is 12.4. The van der Waals surface area contributed by atoms with Gasteiger partial charge in [-0.15, -0.1) is 0 Å². The van der Waals surface area contributed by atoms with Crippen molar-refractivity contribution >= 4 is 35.9 Å². The molecule has 192 valence electrons. The Bertz CT molecular complexity index is 1620. The van der Waals surface area contributed by atoms with Crippen molar-refractivity contribution in [3.63, 3.8) is 0 Å². The molecule has 0 bridgehead atoms. The van der Waals surface area contributed by atoms with Crippen LogP contribution in [0.25, 0.3) is 22.3 Å². The molecule has 37 heavy (non-hydrogen) atoms. The minimum Gasteiger partial charge on any atom is -0.463 e. The van der Waals surface area contributed by atoms with E-state index >= 15 is 0 Å². The van der Waals surface area contributed by atoms with Gasteiger partial charge in [0.05, 0.1) is 35.1 Å². The van der Waals surface area contributed by atoms with E-state index in [2.05, 4.69) is 5.32 Å². The van der Waals surface area contributed by atoms with Crippen molar-refractivity contribution in [3.05, 3.63) is 56.1 Å². The van der Waals surface area contributed by atoms with E-state index in [9.17, 15) is 28.7 Å². The number of aromatic nitrogens is 2. The molecule has 11 heteroatoms. The Morgan fingerprint density at radius 1 is 1.32 bits per heavy atom. The third-order valence-corrected chi connectivity index (χ3v) is 11.3. The van der Waals surface area contributed by atoms with Crippen LogP contribution in [0.5, 0.6) is 0 Å². The molecule has 1 aliphatic carbocycles. The second kappa shape index (κ2) is 8.04. The number of ether oxygens (including phenoxy) is 1. The molecule has 0 saturated carbocycles. The van der Waals surface area contributed by atoms with Gasteiger partial charge in [-0.1, -0.05) is 6.92 Å². The first kappa shape index (κ1) is 24.0. The fourth-order valence-corrected chi connectivity index (χ4v) is 8.25. The van der Waals surface area contributed by atoms with Gasteiger partial charge in [0, 0.05) is 17.0 Å². The largest absolute Gasteiger partial charge is 0.463 e. The normalized spacial score (nSPS) is 22.2. The average Bonchev–Trinajstić information content (AvgIpc) is 3.24. The Morgan fingerprint density at radius 3 is 2.78 bits per heavy atom. The molecule has 6 rings (SSSR count). The van der Waals surface area contributed by atoms with Crippen LogP contribution in [0.15, 0.2) is 16.9 Å². The summed E-state index contributed by atoms with van der Waals surface area (Å²) in [5.74, 6) is -0.910. The quantitative estimate of drug-likeness (QED) is 0.349. The lowest BCUT2D eigenvalue weighted by Gasteiger charge is -2.30. The van der Waals surface area contributed by atoms with E-state index < -0.39 is 32.0 Å². The van der Waals surface area contributed by atoms with Crippen LogP contribution in [-0.2, 0) is 29.1 Å².